The fraction of sp³-hybridized carbons (Fsp3) is 0. The number of pyridine rings is 1. The van der Waals surface area contributed by atoms with Crippen molar-refractivity contribution in [2.24, 2.45) is 0 Å². The van der Waals surface area contributed by atoms with Crippen LogP contribution in [-0.2, 0) is 0 Å². The quantitative estimate of drug-likeness (QED) is 0.576. The van der Waals surface area contributed by atoms with E-state index in [1.54, 1.807) is 6.20 Å². The van der Waals surface area contributed by atoms with Crippen LogP contribution in [0.1, 0.15) is 11.1 Å². The molecule has 0 bridgehead atoms. The lowest BCUT2D eigenvalue weighted by atomic mass is 10.0. The Labute approximate surface area is 132 Å². The van der Waals surface area contributed by atoms with Crippen LogP contribution in [0.5, 0.6) is 0 Å². The zero-order valence-electron chi connectivity index (χ0n) is 11.3. The third-order valence-electron chi connectivity index (χ3n) is 3.04. The van der Waals surface area contributed by atoms with E-state index in [1.165, 1.54) is 0 Å². The number of aromatic nitrogens is 1. The van der Waals surface area contributed by atoms with E-state index in [9.17, 15) is 0 Å². The molecule has 0 saturated heterocycles. The standard InChI is InChI=1S/C19H12BrN/c20-17-12-11-16(10-9-15-6-2-1-3-7-15)18(14-17)19-8-4-5-13-21-19/h1-8,11-14H. The second kappa shape index (κ2) is 6.39. The summed E-state index contributed by atoms with van der Waals surface area (Å²) in [6.45, 7) is 0. The first-order chi connectivity index (χ1) is 10.3. The Morgan fingerprint density at radius 2 is 1.62 bits per heavy atom. The molecule has 0 radical (unpaired) electrons. The molecule has 0 atom stereocenters. The molecule has 3 aromatic rings. The zero-order chi connectivity index (χ0) is 14.5. The molecule has 0 fully saturated rings. The van der Waals surface area contributed by atoms with Crippen LogP contribution < -0.4 is 0 Å². The van der Waals surface area contributed by atoms with Gasteiger partial charge in [0.25, 0.3) is 0 Å². The Hall–Kier alpha value is -2.37. The van der Waals surface area contributed by atoms with Gasteiger partial charge in [-0.15, -0.1) is 0 Å². The van der Waals surface area contributed by atoms with Crippen molar-refractivity contribution >= 4 is 15.9 Å². The molecule has 2 aromatic carbocycles. The predicted molar refractivity (Wildman–Crippen MR) is 89.8 cm³/mol. The monoisotopic (exact) mass is 333 g/mol. The topological polar surface area (TPSA) is 12.9 Å². The Balaban J connectivity index is 2.06. The highest BCUT2D eigenvalue weighted by Crippen LogP contribution is 2.25. The van der Waals surface area contributed by atoms with Crippen LogP contribution in [0, 0.1) is 11.8 Å². The fourth-order valence-electron chi connectivity index (χ4n) is 2.02. The van der Waals surface area contributed by atoms with Gasteiger partial charge in [0.05, 0.1) is 5.69 Å². The van der Waals surface area contributed by atoms with Gasteiger partial charge in [-0.3, -0.25) is 4.98 Å². The molecular weight excluding hydrogens is 322 g/mol. The maximum atomic E-state index is 4.42. The van der Waals surface area contributed by atoms with Crippen LogP contribution in [0.2, 0.25) is 0 Å². The molecule has 0 aliphatic carbocycles. The van der Waals surface area contributed by atoms with Crippen molar-refractivity contribution in [3.63, 3.8) is 0 Å². The molecule has 3 rings (SSSR count). The minimum absolute atomic E-state index is 0.927. The van der Waals surface area contributed by atoms with Crippen LogP contribution in [0.4, 0.5) is 0 Å². The smallest absolute Gasteiger partial charge is 0.0714 e. The van der Waals surface area contributed by atoms with Gasteiger partial charge in [-0.05, 0) is 42.5 Å². The summed E-state index contributed by atoms with van der Waals surface area (Å²) in [4.78, 5) is 4.42. The first kappa shape index (κ1) is 13.6. The van der Waals surface area contributed by atoms with Crippen molar-refractivity contribution in [2.75, 3.05) is 0 Å². The number of benzene rings is 2. The average molecular weight is 334 g/mol. The van der Waals surface area contributed by atoms with E-state index >= 15 is 0 Å². The van der Waals surface area contributed by atoms with Crippen LogP contribution >= 0.6 is 15.9 Å². The highest BCUT2D eigenvalue weighted by Gasteiger charge is 2.05. The van der Waals surface area contributed by atoms with Gasteiger partial charge in [0.2, 0.25) is 0 Å². The minimum atomic E-state index is 0.927. The van der Waals surface area contributed by atoms with Crippen LogP contribution in [0.25, 0.3) is 11.3 Å². The number of halogens is 1. The minimum Gasteiger partial charge on any atom is -0.256 e. The molecule has 1 heterocycles. The number of hydrogen-bond acceptors (Lipinski definition) is 1. The van der Waals surface area contributed by atoms with Gasteiger partial charge in [0, 0.05) is 27.4 Å². The molecule has 0 unspecified atom stereocenters. The van der Waals surface area contributed by atoms with Crippen molar-refractivity contribution in [1.29, 1.82) is 0 Å². The van der Waals surface area contributed by atoms with Crippen molar-refractivity contribution in [2.45, 2.75) is 0 Å². The summed E-state index contributed by atoms with van der Waals surface area (Å²) in [6, 6.07) is 22.0. The summed E-state index contributed by atoms with van der Waals surface area (Å²) in [7, 11) is 0. The summed E-state index contributed by atoms with van der Waals surface area (Å²) in [5.74, 6) is 6.44. The first-order valence-electron chi connectivity index (χ1n) is 6.61. The van der Waals surface area contributed by atoms with E-state index in [2.05, 4.69) is 38.8 Å². The molecule has 1 nitrogen and oxygen atoms in total. The molecule has 1 aromatic heterocycles. The fourth-order valence-corrected chi connectivity index (χ4v) is 2.38. The SMILES string of the molecule is Brc1ccc(C#Cc2ccccc2)c(-c2ccccn2)c1. The maximum absolute atomic E-state index is 4.42. The second-order valence-corrected chi connectivity index (χ2v) is 5.44. The van der Waals surface area contributed by atoms with Crippen molar-refractivity contribution in [3.8, 4) is 23.1 Å². The molecule has 100 valence electrons. The highest BCUT2D eigenvalue weighted by molar-refractivity contribution is 9.10. The lowest BCUT2D eigenvalue weighted by molar-refractivity contribution is 1.32. The number of nitrogens with zero attached hydrogens (tertiary/aromatic N) is 1. The third-order valence-corrected chi connectivity index (χ3v) is 3.53. The molecule has 2 heteroatoms. The van der Waals surface area contributed by atoms with Crippen molar-refractivity contribution < 1.29 is 0 Å². The Morgan fingerprint density at radius 3 is 2.38 bits per heavy atom. The third kappa shape index (κ3) is 3.39. The molecular formula is C19H12BrN. The van der Waals surface area contributed by atoms with Crippen LogP contribution in [-0.4, -0.2) is 4.98 Å². The van der Waals surface area contributed by atoms with E-state index in [0.717, 1.165) is 26.9 Å². The number of hydrogen-bond donors (Lipinski definition) is 0. The van der Waals surface area contributed by atoms with Gasteiger partial charge in [0.1, 0.15) is 0 Å². The van der Waals surface area contributed by atoms with E-state index in [4.69, 9.17) is 0 Å². The van der Waals surface area contributed by atoms with E-state index in [1.807, 2.05) is 60.7 Å². The van der Waals surface area contributed by atoms with E-state index in [0.29, 0.717) is 0 Å². The molecule has 0 aliphatic heterocycles. The zero-order valence-corrected chi connectivity index (χ0v) is 12.8. The van der Waals surface area contributed by atoms with Gasteiger partial charge in [-0.1, -0.05) is 52.0 Å². The van der Waals surface area contributed by atoms with Gasteiger partial charge in [0.15, 0.2) is 0 Å². The molecule has 21 heavy (non-hydrogen) atoms. The van der Waals surface area contributed by atoms with Crippen LogP contribution in [0.15, 0.2) is 77.4 Å². The molecule has 0 N–H and O–H groups in total. The maximum Gasteiger partial charge on any atom is 0.0714 e. The highest BCUT2D eigenvalue weighted by atomic mass is 79.9. The van der Waals surface area contributed by atoms with Gasteiger partial charge in [-0.25, -0.2) is 0 Å². The van der Waals surface area contributed by atoms with Crippen molar-refractivity contribution in [3.05, 3.63) is 88.5 Å². The lowest BCUT2D eigenvalue weighted by Gasteiger charge is -2.04. The van der Waals surface area contributed by atoms with Gasteiger partial charge >= 0.3 is 0 Å². The largest absolute Gasteiger partial charge is 0.256 e. The normalized spacial score (nSPS) is 9.76. The van der Waals surface area contributed by atoms with Crippen molar-refractivity contribution in [1.82, 2.24) is 4.98 Å². The van der Waals surface area contributed by atoms with Gasteiger partial charge < -0.3 is 0 Å². The first-order valence-corrected chi connectivity index (χ1v) is 7.40. The average Bonchev–Trinajstić information content (AvgIpc) is 2.55. The summed E-state index contributed by atoms with van der Waals surface area (Å²) in [5, 5.41) is 0. The molecule has 0 amide bonds. The Bertz CT molecular complexity index is 799. The summed E-state index contributed by atoms with van der Waals surface area (Å²) >= 11 is 3.51. The Kier molecular flexibility index (Phi) is 4.14. The van der Waals surface area contributed by atoms with E-state index < -0.39 is 0 Å². The summed E-state index contributed by atoms with van der Waals surface area (Å²) in [6.07, 6.45) is 1.80. The second-order valence-electron chi connectivity index (χ2n) is 4.52. The number of rotatable bonds is 1. The molecule has 0 aliphatic rings. The predicted octanol–water partition coefficient (Wildman–Crippen LogP) is 4.91. The summed E-state index contributed by atoms with van der Waals surface area (Å²) in [5.41, 5.74) is 3.94. The van der Waals surface area contributed by atoms with E-state index in [-0.39, 0.29) is 0 Å². The Morgan fingerprint density at radius 1 is 0.810 bits per heavy atom. The van der Waals surface area contributed by atoms with Crippen LogP contribution in [0.3, 0.4) is 0 Å². The lowest BCUT2D eigenvalue weighted by Crippen LogP contribution is -1.87. The summed E-state index contributed by atoms with van der Waals surface area (Å²) < 4.78 is 1.02. The van der Waals surface area contributed by atoms with Gasteiger partial charge in [-0.2, -0.15) is 0 Å². The molecule has 0 spiro atoms. The molecule has 0 saturated carbocycles.